The molecular weight excluding hydrogens is 214 g/mol. The first-order chi connectivity index (χ1) is 7.18. The molecule has 0 aliphatic rings. The van der Waals surface area contributed by atoms with Gasteiger partial charge in [-0.25, -0.2) is 4.79 Å². The van der Waals surface area contributed by atoms with Crippen LogP contribution >= 0.6 is 11.6 Å². The lowest BCUT2D eigenvalue weighted by Gasteiger charge is -2.00. The van der Waals surface area contributed by atoms with Crippen molar-refractivity contribution in [2.45, 2.75) is 0 Å². The average Bonchev–Trinajstić information content (AvgIpc) is 2.67. The highest BCUT2D eigenvalue weighted by atomic mass is 35.5. The fraction of sp³-hybridized carbons (Fsp3) is 0. The Labute approximate surface area is 91.3 Å². The second-order valence-corrected chi connectivity index (χ2v) is 3.51. The summed E-state index contributed by atoms with van der Waals surface area (Å²) in [7, 11) is 0. The molecule has 0 radical (unpaired) electrons. The van der Waals surface area contributed by atoms with E-state index in [9.17, 15) is 4.79 Å². The largest absolute Gasteiger partial charge is 0.478 e. The maximum atomic E-state index is 10.9. The minimum atomic E-state index is -0.943. The molecule has 0 atom stereocenters. The maximum absolute atomic E-state index is 10.9. The van der Waals surface area contributed by atoms with Crippen LogP contribution in [0.1, 0.15) is 10.4 Å². The van der Waals surface area contributed by atoms with Crippen molar-refractivity contribution >= 4 is 17.6 Å². The number of hydrogen-bond acceptors (Lipinski definition) is 1. The van der Waals surface area contributed by atoms with Gasteiger partial charge < -0.3 is 10.1 Å². The highest BCUT2D eigenvalue weighted by molar-refractivity contribution is 6.30. The first-order valence-electron chi connectivity index (χ1n) is 4.35. The molecule has 0 fully saturated rings. The summed E-state index contributed by atoms with van der Waals surface area (Å²) < 4.78 is 0. The number of aromatic amines is 1. The molecule has 0 bridgehead atoms. The van der Waals surface area contributed by atoms with E-state index in [0.717, 1.165) is 5.56 Å². The SMILES string of the molecule is O=C(O)c1cc[nH]c1-c1ccc(Cl)cc1. The molecule has 0 spiro atoms. The van der Waals surface area contributed by atoms with Crippen molar-refractivity contribution in [2.75, 3.05) is 0 Å². The fourth-order valence-corrected chi connectivity index (χ4v) is 1.53. The number of aromatic carboxylic acids is 1. The summed E-state index contributed by atoms with van der Waals surface area (Å²) in [5, 5.41) is 9.55. The van der Waals surface area contributed by atoms with Gasteiger partial charge in [-0.05, 0) is 23.8 Å². The van der Waals surface area contributed by atoms with Crippen molar-refractivity contribution in [3.05, 3.63) is 47.1 Å². The zero-order valence-electron chi connectivity index (χ0n) is 7.70. The van der Waals surface area contributed by atoms with E-state index in [2.05, 4.69) is 4.98 Å². The van der Waals surface area contributed by atoms with Crippen LogP contribution < -0.4 is 0 Å². The van der Waals surface area contributed by atoms with Crippen LogP contribution in [-0.2, 0) is 0 Å². The van der Waals surface area contributed by atoms with E-state index < -0.39 is 5.97 Å². The van der Waals surface area contributed by atoms with Crippen molar-refractivity contribution in [2.24, 2.45) is 0 Å². The van der Waals surface area contributed by atoms with Gasteiger partial charge in [-0.3, -0.25) is 0 Å². The molecule has 0 unspecified atom stereocenters. The third-order valence-electron chi connectivity index (χ3n) is 2.11. The standard InChI is InChI=1S/C11H8ClNO2/c12-8-3-1-7(2-4-8)10-9(11(14)15)5-6-13-10/h1-6,13H,(H,14,15). The van der Waals surface area contributed by atoms with E-state index in [-0.39, 0.29) is 5.56 Å². The monoisotopic (exact) mass is 221 g/mol. The Bertz CT molecular complexity index is 488. The van der Waals surface area contributed by atoms with Gasteiger partial charge in [-0.15, -0.1) is 0 Å². The number of H-pyrrole nitrogens is 1. The first-order valence-corrected chi connectivity index (χ1v) is 4.73. The van der Waals surface area contributed by atoms with Crippen LogP contribution in [0.3, 0.4) is 0 Å². The lowest BCUT2D eigenvalue weighted by atomic mass is 10.1. The molecule has 76 valence electrons. The summed E-state index contributed by atoms with van der Waals surface area (Å²) in [5.74, 6) is -0.943. The van der Waals surface area contributed by atoms with E-state index in [1.165, 1.54) is 6.07 Å². The van der Waals surface area contributed by atoms with Crippen LogP contribution in [0.4, 0.5) is 0 Å². The van der Waals surface area contributed by atoms with Gasteiger partial charge in [0.2, 0.25) is 0 Å². The van der Waals surface area contributed by atoms with Crippen molar-refractivity contribution in [3.8, 4) is 11.3 Å². The normalized spacial score (nSPS) is 10.2. The quantitative estimate of drug-likeness (QED) is 0.819. The zero-order chi connectivity index (χ0) is 10.8. The first kappa shape index (κ1) is 9.80. The molecule has 1 aromatic heterocycles. The molecular formula is C11H8ClNO2. The van der Waals surface area contributed by atoms with Crippen LogP contribution in [-0.4, -0.2) is 16.1 Å². The number of rotatable bonds is 2. The second-order valence-electron chi connectivity index (χ2n) is 3.08. The maximum Gasteiger partial charge on any atom is 0.337 e. The highest BCUT2D eigenvalue weighted by Gasteiger charge is 2.11. The highest BCUT2D eigenvalue weighted by Crippen LogP contribution is 2.23. The molecule has 2 aromatic rings. The minimum Gasteiger partial charge on any atom is -0.478 e. The summed E-state index contributed by atoms with van der Waals surface area (Å²) >= 11 is 5.75. The molecule has 4 heteroatoms. The predicted octanol–water partition coefficient (Wildman–Crippen LogP) is 3.03. The molecule has 2 N–H and O–H groups in total. The van der Waals surface area contributed by atoms with Crippen LogP contribution in [0.15, 0.2) is 36.5 Å². The van der Waals surface area contributed by atoms with Gasteiger partial charge in [0.15, 0.2) is 0 Å². The smallest absolute Gasteiger partial charge is 0.337 e. The number of aromatic nitrogens is 1. The molecule has 3 nitrogen and oxygen atoms in total. The van der Waals surface area contributed by atoms with E-state index >= 15 is 0 Å². The third kappa shape index (κ3) is 1.87. The van der Waals surface area contributed by atoms with E-state index in [1.54, 1.807) is 30.5 Å². The Morgan fingerprint density at radius 2 is 1.87 bits per heavy atom. The van der Waals surface area contributed by atoms with Gasteiger partial charge in [0.25, 0.3) is 0 Å². The molecule has 0 aliphatic heterocycles. The van der Waals surface area contributed by atoms with Crippen molar-refractivity contribution in [1.82, 2.24) is 4.98 Å². The number of carboxylic acids is 1. The van der Waals surface area contributed by atoms with Gasteiger partial charge in [-0.1, -0.05) is 23.7 Å². The summed E-state index contributed by atoms with van der Waals surface area (Å²) in [6.07, 6.45) is 1.60. The van der Waals surface area contributed by atoms with Crippen LogP contribution in [0.25, 0.3) is 11.3 Å². The molecule has 0 aliphatic carbocycles. The Morgan fingerprint density at radius 1 is 1.20 bits per heavy atom. The van der Waals surface area contributed by atoms with Gasteiger partial charge in [0.1, 0.15) is 0 Å². The van der Waals surface area contributed by atoms with Gasteiger partial charge >= 0.3 is 5.97 Å². The van der Waals surface area contributed by atoms with Crippen molar-refractivity contribution in [1.29, 1.82) is 0 Å². The summed E-state index contributed by atoms with van der Waals surface area (Å²) in [6, 6.07) is 8.54. The molecule has 0 saturated carbocycles. The molecule has 15 heavy (non-hydrogen) atoms. The molecule has 0 saturated heterocycles. The number of nitrogens with one attached hydrogen (secondary N) is 1. The Kier molecular flexibility index (Phi) is 2.47. The number of benzene rings is 1. The lowest BCUT2D eigenvalue weighted by molar-refractivity contribution is 0.0698. The summed E-state index contributed by atoms with van der Waals surface area (Å²) in [5.41, 5.74) is 1.67. The fourth-order valence-electron chi connectivity index (χ4n) is 1.40. The van der Waals surface area contributed by atoms with Crippen LogP contribution in [0.5, 0.6) is 0 Å². The Balaban J connectivity index is 2.49. The van der Waals surface area contributed by atoms with Gasteiger partial charge in [-0.2, -0.15) is 0 Å². The number of carbonyl (C=O) groups is 1. The van der Waals surface area contributed by atoms with Crippen molar-refractivity contribution in [3.63, 3.8) is 0 Å². The minimum absolute atomic E-state index is 0.261. The summed E-state index contributed by atoms with van der Waals surface area (Å²) in [4.78, 5) is 13.8. The second kappa shape index (κ2) is 3.79. The Hall–Kier alpha value is -1.74. The summed E-state index contributed by atoms with van der Waals surface area (Å²) in [6.45, 7) is 0. The van der Waals surface area contributed by atoms with E-state index in [0.29, 0.717) is 10.7 Å². The average molecular weight is 222 g/mol. The topological polar surface area (TPSA) is 53.1 Å². The molecule has 2 rings (SSSR count). The molecule has 0 amide bonds. The van der Waals surface area contributed by atoms with Gasteiger partial charge in [0.05, 0.1) is 11.3 Å². The predicted molar refractivity (Wildman–Crippen MR) is 58.2 cm³/mol. The zero-order valence-corrected chi connectivity index (χ0v) is 8.45. The van der Waals surface area contributed by atoms with E-state index in [4.69, 9.17) is 16.7 Å². The number of carboxylic acid groups (broad SMARTS) is 1. The third-order valence-corrected chi connectivity index (χ3v) is 2.36. The number of halogens is 1. The van der Waals surface area contributed by atoms with Gasteiger partial charge in [0, 0.05) is 11.2 Å². The molecule has 1 aromatic carbocycles. The van der Waals surface area contributed by atoms with Crippen molar-refractivity contribution < 1.29 is 9.90 Å². The van der Waals surface area contributed by atoms with Crippen LogP contribution in [0, 0.1) is 0 Å². The Morgan fingerprint density at radius 3 is 2.47 bits per heavy atom. The van der Waals surface area contributed by atoms with E-state index in [1.807, 2.05) is 0 Å². The molecule has 1 heterocycles. The number of hydrogen-bond donors (Lipinski definition) is 2. The van der Waals surface area contributed by atoms with Crippen LogP contribution in [0.2, 0.25) is 5.02 Å². The lowest BCUT2D eigenvalue weighted by Crippen LogP contribution is -1.96.